The van der Waals surface area contributed by atoms with Gasteiger partial charge in [0, 0.05) is 24.5 Å². The van der Waals surface area contributed by atoms with Gasteiger partial charge in [0.25, 0.3) is 5.91 Å². The fourth-order valence-electron chi connectivity index (χ4n) is 2.23. The van der Waals surface area contributed by atoms with Crippen LogP contribution in [0.3, 0.4) is 0 Å². The summed E-state index contributed by atoms with van der Waals surface area (Å²) in [5, 5.41) is 6.99. The van der Waals surface area contributed by atoms with Gasteiger partial charge in [0.15, 0.2) is 0 Å². The van der Waals surface area contributed by atoms with E-state index in [1.807, 2.05) is 41.2 Å². The lowest BCUT2D eigenvalue weighted by Gasteiger charge is -2.07. The SMILES string of the molecule is O=C(NCc1ccc(Cn2cccn2)cc1)c1ccc(F)cc1. The molecule has 1 aromatic heterocycles. The normalized spacial score (nSPS) is 10.5. The second-order valence-corrected chi connectivity index (χ2v) is 5.21. The zero-order chi connectivity index (χ0) is 16.1. The van der Waals surface area contributed by atoms with E-state index in [0.717, 1.165) is 17.7 Å². The molecule has 0 aliphatic heterocycles. The van der Waals surface area contributed by atoms with Gasteiger partial charge in [-0.25, -0.2) is 4.39 Å². The van der Waals surface area contributed by atoms with E-state index in [-0.39, 0.29) is 11.7 Å². The lowest BCUT2D eigenvalue weighted by molar-refractivity contribution is 0.0951. The average Bonchev–Trinajstić information content (AvgIpc) is 3.07. The Morgan fingerprint density at radius 1 is 1.04 bits per heavy atom. The molecule has 1 amide bonds. The van der Waals surface area contributed by atoms with Crippen LogP contribution in [0.4, 0.5) is 4.39 Å². The van der Waals surface area contributed by atoms with E-state index in [1.165, 1.54) is 24.3 Å². The number of amides is 1. The molecule has 4 nitrogen and oxygen atoms in total. The third-order valence-electron chi connectivity index (χ3n) is 3.49. The zero-order valence-electron chi connectivity index (χ0n) is 12.4. The highest BCUT2D eigenvalue weighted by molar-refractivity contribution is 5.94. The molecule has 0 fully saturated rings. The predicted molar refractivity (Wildman–Crippen MR) is 85.3 cm³/mol. The number of hydrogen-bond acceptors (Lipinski definition) is 2. The van der Waals surface area contributed by atoms with Crippen LogP contribution in [0.2, 0.25) is 0 Å². The summed E-state index contributed by atoms with van der Waals surface area (Å²) in [5.74, 6) is -0.570. The largest absolute Gasteiger partial charge is 0.348 e. The molecule has 0 spiro atoms. The van der Waals surface area contributed by atoms with E-state index < -0.39 is 0 Å². The topological polar surface area (TPSA) is 46.9 Å². The lowest BCUT2D eigenvalue weighted by atomic mass is 10.1. The van der Waals surface area contributed by atoms with Crippen LogP contribution in [0.1, 0.15) is 21.5 Å². The third-order valence-corrected chi connectivity index (χ3v) is 3.49. The van der Waals surface area contributed by atoms with Gasteiger partial charge in [-0.2, -0.15) is 5.10 Å². The summed E-state index contributed by atoms with van der Waals surface area (Å²) < 4.78 is 14.7. The summed E-state index contributed by atoms with van der Waals surface area (Å²) >= 11 is 0. The van der Waals surface area contributed by atoms with Gasteiger partial charge >= 0.3 is 0 Å². The van der Waals surface area contributed by atoms with Gasteiger partial charge < -0.3 is 5.32 Å². The van der Waals surface area contributed by atoms with Crippen molar-refractivity contribution in [1.82, 2.24) is 15.1 Å². The number of benzene rings is 2. The molecule has 2 aromatic carbocycles. The molecule has 0 saturated carbocycles. The Morgan fingerprint density at radius 2 is 1.74 bits per heavy atom. The fraction of sp³-hybridized carbons (Fsp3) is 0.111. The Labute approximate surface area is 133 Å². The van der Waals surface area contributed by atoms with Crippen LogP contribution in [0, 0.1) is 5.82 Å². The Morgan fingerprint density at radius 3 is 2.39 bits per heavy atom. The molecule has 116 valence electrons. The minimum absolute atomic E-state index is 0.217. The first-order chi connectivity index (χ1) is 11.2. The number of hydrogen-bond donors (Lipinski definition) is 1. The lowest BCUT2D eigenvalue weighted by Crippen LogP contribution is -2.22. The highest BCUT2D eigenvalue weighted by atomic mass is 19.1. The fourth-order valence-corrected chi connectivity index (χ4v) is 2.23. The molecule has 0 unspecified atom stereocenters. The monoisotopic (exact) mass is 309 g/mol. The Hall–Kier alpha value is -2.95. The average molecular weight is 309 g/mol. The van der Waals surface area contributed by atoms with Crippen LogP contribution in [-0.2, 0) is 13.1 Å². The van der Waals surface area contributed by atoms with Crippen molar-refractivity contribution in [1.29, 1.82) is 0 Å². The maximum atomic E-state index is 12.8. The molecule has 1 N–H and O–H groups in total. The van der Waals surface area contributed by atoms with Crippen LogP contribution in [0.25, 0.3) is 0 Å². The Balaban J connectivity index is 1.56. The van der Waals surface area contributed by atoms with Gasteiger partial charge in [0.05, 0.1) is 6.54 Å². The number of rotatable bonds is 5. The first kappa shape index (κ1) is 15.0. The van der Waals surface area contributed by atoms with Crippen LogP contribution < -0.4 is 5.32 Å². The van der Waals surface area contributed by atoms with Gasteiger partial charge in [-0.05, 0) is 41.5 Å². The van der Waals surface area contributed by atoms with Crippen molar-refractivity contribution in [2.75, 3.05) is 0 Å². The smallest absolute Gasteiger partial charge is 0.251 e. The van der Waals surface area contributed by atoms with Gasteiger partial charge in [-0.3, -0.25) is 9.48 Å². The molecule has 0 saturated heterocycles. The van der Waals surface area contributed by atoms with Crippen LogP contribution in [-0.4, -0.2) is 15.7 Å². The molecule has 0 atom stereocenters. The molecule has 0 radical (unpaired) electrons. The Kier molecular flexibility index (Phi) is 4.47. The van der Waals surface area contributed by atoms with Crippen molar-refractivity contribution in [3.05, 3.63) is 89.5 Å². The number of carbonyl (C=O) groups excluding carboxylic acids is 1. The molecule has 1 heterocycles. The van der Waals surface area contributed by atoms with E-state index >= 15 is 0 Å². The van der Waals surface area contributed by atoms with Gasteiger partial charge in [-0.1, -0.05) is 24.3 Å². The number of nitrogens with zero attached hydrogens (tertiary/aromatic N) is 2. The summed E-state index contributed by atoms with van der Waals surface area (Å²) in [6.07, 6.45) is 3.66. The second kappa shape index (κ2) is 6.87. The van der Waals surface area contributed by atoms with Crippen molar-refractivity contribution in [2.45, 2.75) is 13.1 Å². The molecule has 3 aromatic rings. The summed E-state index contributed by atoms with van der Waals surface area (Å²) in [7, 11) is 0. The van der Waals surface area contributed by atoms with Gasteiger partial charge in [0.2, 0.25) is 0 Å². The summed E-state index contributed by atoms with van der Waals surface area (Å²) in [6, 6.07) is 15.4. The van der Waals surface area contributed by atoms with E-state index in [9.17, 15) is 9.18 Å². The Bertz CT molecular complexity index is 765. The number of carbonyl (C=O) groups is 1. The van der Waals surface area contributed by atoms with Gasteiger partial charge in [-0.15, -0.1) is 0 Å². The molecule has 0 bridgehead atoms. The van der Waals surface area contributed by atoms with Crippen LogP contribution >= 0.6 is 0 Å². The highest BCUT2D eigenvalue weighted by Gasteiger charge is 2.05. The maximum Gasteiger partial charge on any atom is 0.251 e. The number of nitrogens with one attached hydrogen (secondary N) is 1. The molecule has 5 heteroatoms. The van der Waals surface area contributed by atoms with Crippen molar-refractivity contribution in [3.63, 3.8) is 0 Å². The first-order valence-corrected chi connectivity index (χ1v) is 7.30. The zero-order valence-corrected chi connectivity index (χ0v) is 12.4. The number of aromatic nitrogens is 2. The number of halogens is 1. The molecule has 0 aliphatic carbocycles. The maximum absolute atomic E-state index is 12.8. The minimum Gasteiger partial charge on any atom is -0.348 e. The highest BCUT2D eigenvalue weighted by Crippen LogP contribution is 2.07. The van der Waals surface area contributed by atoms with Crippen molar-refractivity contribution >= 4 is 5.91 Å². The van der Waals surface area contributed by atoms with Crippen LogP contribution in [0.15, 0.2) is 67.0 Å². The second-order valence-electron chi connectivity index (χ2n) is 5.21. The summed E-state index contributed by atoms with van der Waals surface area (Å²) in [5.41, 5.74) is 2.59. The van der Waals surface area contributed by atoms with E-state index in [2.05, 4.69) is 10.4 Å². The minimum atomic E-state index is -0.352. The molecular weight excluding hydrogens is 293 g/mol. The summed E-state index contributed by atoms with van der Waals surface area (Å²) in [6.45, 7) is 1.15. The van der Waals surface area contributed by atoms with E-state index in [0.29, 0.717) is 12.1 Å². The van der Waals surface area contributed by atoms with Crippen molar-refractivity contribution in [2.24, 2.45) is 0 Å². The molecule has 0 aliphatic rings. The standard InChI is InChI=1S/C18H16FN3O/c19-17-8-6-16(7-9-17)18(23)20-12-14-2-4-15(5-3-14)13-22-11-1-10-21-22/h1-11H,12-13H2,(H,20,23). The molecule has 23 heavy (non-hydrogen) atoms. The third kappa shape index (κ3) is 4.03. The van der Waals surface area contributed by atoms with Crippen LogP contribution in [0.5, 0.6) is 0 Å². The van der Waals surface area contributed by atoms with Crippen molar-refractivity contribution in [3.8, 4) is 0 Å². The summed E-state index contributed by atoms with van der Waals surface area (Å²) in [4.78, 5) is 12.0. The van der Waals surface area contributed by atoms with Gasteiger partial charge in [0.1, 0.15) is 5.82 Å². The van der Waals surface area contributed by atoms with E-state index in [1.54, 1.807) is 6.20 Å². The van der Waals surface area contributed by atoms with E-state index in [4.69, 9.17) is 0 Å². The first-order valence-electron chi connectivity index (χ1n) is 7.30. The predicted octanol–water partition coefficient (Wildman–Crippen LogP) is 3.00. The quantitative estimate of drug-likeness (QED) is 0.787. The molecular formula is C18H16FN3O. The van der Waals surface area contributed by atoms with Crippen molar-refractivity contribution < 1.29 is 9.18 Å². The molecule has 3 rings (SSSR count).